The maximum absolute atomic E-state index is 2.81. The van der Waals surface area contributed by atoms with E-state index in [1.165, 1.54) is 130 Å². The molecule has 1 aromatic heterocycles. The average Bonchev–Trinajstić information content (AvgIpc) is 3.74. The molecule has 354 valence electrons. The number of anilines is 8. The van der Waals surface area contributed by atoms with Crippen molar-refractivity contribution >= 4 is 89.3 Å². The summed E-state index contributed by atoms with van der Waals surface area (Å²) in [6, 6.07) is 44.1. The van der Waals surface area contributed by atoms with Crippen LogP contribution >= 0.6 is 11.3 Å². The Labute approximate surface area is 419 Å². The molecule has 2 atom stereocenters. The predicted molar refractivity (Wildman–Crippen MR) is 303 cm³/mol. The lowest BCUT2D eigenvalue weighted by atomic mass is 9.33. The fraction of sp³-hybridized carbons (Fsp3) is 0.406. The minimum Gasteiger partial charge on any atom is -0.334 e. The molecule has 2 unspecified atom stereocenters. The van der Waals surface area contributed by atoms with Crippen LogP contribution in [0.2, 0.25) is 0 Å². The second kappa shape index (κ2) is 15.1. The predicted octanol–water partition coefficient (Wildman–Crippen LogP) is 16.5. The van der Waals surface area contributed by atoms with Crippen LogP contribution in [0.25, 0.3) is 10.1 Å². The Bertz CT molecular complexity index is 3220. The Morgan fingerprint density at radius 3 is 1.62 bits per heavy atom. The molecule has 11 rings (SSSR count). The first-order valence-electron chi connectivity index (χ1n) is 25.9. The molecule has 69 heavy (non-hydrogen) atoms. The molecule has 1 fully saturated rings. The molecule has 1 aliphatic carbocycles. The second-order valence-electron chi connectivity index (χ2n) is 26.0. The molecule has 0 spiro atoms. The topological polar surface area (TPSA) is 9.72 Å². The van der Waals surface area contributed by atoms with E-state index in [4.69, 9.17) is 0 Å². The zero-order valence-electron chi connectivity index (χ0n) is 44.5. The van der Waals surface area contributed by atoms with E-state index in [-0.39, 0.29) is 39.3 Å². The number of fused-ring (bicyclic) bond motifs is 9. The largest absolute Gasteiger partial charge is 0.334 e. The third kappa shape index (κ3) is 6.93. The first-order chi connectivity index (χ1) is 32.3. The smallest absolute Gasteiger partial charge is 0.254 e. The Balaban J connectivity index is 1.25. The molecule has 3 aliphatic heterocycles. The van der Waals surface area contributed by atoms with Crippen LogP contribution in [-0.2, 0) is 27.1 Å². The Kier molecular flexibility index (Phi) is 10.1. The summed E-state index contributed by atoms with van der Waals surface area (Å²) in [5, 5.41) is 2.71. The van der Waals surface area contributed by atoms with Crippen molar-refractivity contribution < 1.29 is 0 Å². The van der Waals surface area contributed by atoms with Crippen LogP contribution in [0.5, 0.6) is 0 Å². The van der Waals surface area contributed by atoms with E-state index < -0.39 is 0 Å². The van der Waals surface area contributed by atoms with Gasteiger partial charge in [-0.2, -0.15) is 0 Å². The van der Waals surface area contributed by atoms with Crippen molar-refractivity contribution in [3.05, 3.63) is 148 Å². The summed E-state index contributed by atoms with van der Waals surface area (Å²) in [6.07, 6.45) is 4.90. The van der Waals surface area contributed by atoms with Crippen molar-refractivity contribution in [3.8, 4) is 0 Å². The van der Waals surface area contributed by atoms with Crippen molar-refractivity contribution in [1.82, 2.24) is 0 Å². The molecule has 0 amide bonds. The van der Waals surface area contributed by atoms with Gasteiger partial charge in [0.2, 0.25) is 0 Å². The van der Waals surface area contributed by atoms with Gasteiger partial charge in [-0.1, -0.05) is 151 Å². The zero-order valence-corrected chi connectivity index (χ0v) is 45.4. The highest BCUT2D eigenvalue weighted by Crippen LogP contribution is 2.62. The number of benzene rings is 6. The van der Waals surface area contributed by atoms with E-state index in [2.05, 4.69) is 235 Å². The van der Waals surface area contributed by atoms with E-state index in [1.807, 2.05) is 11.3 Å². The molecule has 0 saturated heterocycles. The Morgan fingerprint density at radius 1 is 0.493 bits per heavy atom. The number of hydrogen-bond donors (Lipinski definition) is 0. The van der Waals surface area contributed by atoms with Crippen LogP contribution in [0.15, 0.2) is 109 Å². The third-order valence-electron chi connectivity index (χ3n) is 17.2. The lowest BCUT2D eigenvalue weighted by molar-refractivity contribution is 0.194. The van der Waals surface area contributed by atoms with Gasteiger partial charge in [0.25, 0.3) is 6.71 Å². The van der Waals surface area contributed by atoms with E-state index >= 15 is 0 Å². The highest BCUT2D eigenvalue weighted by Gasteiger charge is 2.58. The number of nitrogens with zero attached hydrogens (tertiary/aromatic N) is 3. The van der Waals surface area contributed by atoms with Gasteiger partial charge in [-0.05, 0) is 177 Å². The van der Waals surface area contributed by atoms with Gasteiger partial charge in [0.15, 0.2) is 0 Å². The third-order valence-corrected chi connectivity index (χ3v) is 18.3. The normalized spacial score (nSPS) is 19.9. The SMILES string of the molecule is Cc1cc(C)c2c(c1)N(c1ccc3c(c1)N(c1ccc(C(C)(C)C)cc1)c1cc(C(C)(C)C)cc4c1B3c1c(sc3ccc(C(C)(C)C)cc13)N4c1ccc(C(C)(C)C)cc1)C1(C)CCCCC21C. The first-order valence-corrected chi connectivity index (χ1v) is 26.7. The van der Waals surface area contributed by atoms with Crippen LogP contribution in [0.1, 0.15) is 162 Å². The summed E-state index contributed by atoms with van der Waals surface area (Å²) in [5.74, 6) is 0. The maximum Gasteiger partial charge on any atom is 0.254 e. The molecule has 0 N–H and O–H groups in total. The van der Waals surface area contributed by atoms with Crippen molar-refractivity contribution in [2.24, 2.45) is 0 Å². The number of aryl methyl sites for hydroxylation is 2. The fourth-order valence-corrected chi connectivity index (χ4v) is 14.3. The molecule has 7 aromatic rings. The summed E-state index contributed by atoms with van der Waals surface area (Å²) < 4.78 is 1.34. The number of thiophene rings is 1. The van der Waals surface area contributed by atoms with Gasteiger partial charge in [-0.15, -0.1) is 11.3 Å². The summed E-state index contributed by atoms with van der Waals surface area (Å²) in [6.45, 7) is 38.0. The molecule has 3 nitrogen and oxygen atoms in total. The van der Waals surface area contributed by atoms with Gasteiger partial charge in [0.05, 0.1) is 10.5 Å². The van der Waals surface area contributed by atoms with Crippen molar-refractivity contribution in [2.45, 2.75) is 169 Å². The average molecular weight is 928 g/mol. The zero-order chi connectivity index (χ0) is 49.1. The highest BCUT2D eigenvalue weighted by atomic mass is 32.1. The quantitative estimate of drug-likeness (QED) is 0.164. The van der Waals surface area contributed by atoms with Gasteiger partial charge in [-0.3, -0.25) is 0 Å². The molecule has 0 radical (unpaired) electrons. The summed E-state index contributed by atoms with van der Waals surface area (Å²) in [5.41, 5.74) is 22.9. The molecular weight excluding hydrogens is 854 g/mol. The summed E-state index contributed by atoms with van der Waals surface area (Å²) in [7, 11) is 0. The van der Waals surface area contributed by atoms with E-state index in [1.54, 1.807) is 5.56 Å². The summed E-state index contributed by atoms with van der Waals surface area (Å²) in [4.78, 5) is 8.11. The molecule has 5 heteroatoms. The Morgan fingerprint density at radius 2 is 1.03 bits per heavy atom. The van der Waals surface area contributed by atoms with Crippen molar-refractivity contribution in [1.29, 1.82) is 0 Å². The molecule has 6 aromatic carbocycles. The lowest BCUT2D eigenvalue weighted by Gasteiger charge is -2.51. The minimum absolute atomic E-state index is 0.00662. The van der Waals surface area contributed by atoms with Gasteiger partial charge in [-0.25, -0.2) is 0 Å². The van der Waals surface area contributed by atoms with Crippen LogP contribution in [0, 0.1) is 13.8 Å². The van der Waals surface area contributed by atoms with Gasteiger partial charge in [0, 0.05) is 49.9 Å². The molecule has 1 saturated carbocycles. The van der Waals surface area contributed by atoms with E-state index in [9.17, 15) is 0 Å². The van der Waals surface area contributed by atoms with Crippen LogP contribution < -0.4 is 31.1 Å². The summed E-state index contributed by atoms with van der Waals surface area (Å²) >= 11 is 1.97. The second-order valence-corrected chi connectivity index (χ2v) is 27.1. The lowest BCUT2D eigenvalue weighted by Crippen LogP contribution is -2.61. The van der Waals surface area contributed by atoms with Gasteiger partial charge >= 0.3 is 0 Å². The fourth-order valence-electron chi connectivity index (χ4n) is 13.1. The monoisotopic (exact) mass is 928 g/mol. The van der Waals surface area contributed by atoms with Gasteiger partial charge in [0.1, 0.15) is 0 Å². The number of rotatable bonds is 3. The number of hydrogen-bond acceptors (Lipinski definition) is 4. The first kappa shape index (κ1) is 46.1. The van der Waals surface area contributed by atoms with Crippen LogP contribution in [-0.4, -0.2) is 12.3 Å². The van der Waals surface area contributed by atoms with Gasteiger partial charge < -0.3 is 14.7 Å². The molecule has 4 heterocycles. The van der Waals surface area contributed by atoms with Crippen molar-refractivity contribution in [3.63, 3.8) is 0 Å². The van der Waals surface area contributed by atoms with E-state index in [0.717, 1.165) is 0 Å². The van der Waals surface area contributed by atoms with Crippen LogP contribution in [0.4, 0.5) is 44.8 Å². The van der Waals surface area contributed by atoms with E-state index in [0.29, 0.717) is 0 Å². The molecule has 0 bridgehead atoms. The van der Waals surface area contributed by atoms with Crippen LogP contribution in [0.3, 0.4) is 0 Å². The standard InChI is InChI=1S/C64H74BN3S/c1-39-33-40(2)55-51(34-39)68(64(16)32-18-17-31-63(55,64)15)47-28-29-49-50(38-47)66(45-24-19-41(20-25-45)59(3,4)5)52-36-44(62(12,13)14)37-53-57(52)65(49)56-48-35-43(61(9,10)11)23-30-54(48)69-58(56)67(53)46-26-21-42(22-27-46)60(6,7)8/h19-30,33-38H,17-18,31-32H2,1-16H3. The minimum atomic E-state index is -0.107. The maximum atomic E-state index is 2.81. The molecular formula is C64H74BN3S. The Hall–Kier alpha value is -5.26. The van der Waals surface area contributed by atoms with Crippen molar-refractivity contribution in [2.75, 3.05) is 14.7 Å². The molecule has 4 aliphatic rings. The highest BCUT2D eigenvalue weighted by molar-refractivity contribution is 7.26.